The number of hydrogen-bond acceptors (Lipinski definition) is 4. The Labute approximate surface area is 111 Å². The lowest BCUT2D eigenvalue weighted by atomic mass is 10.3. The molecule has 1 aromatic carbocycles. The highest BCUT2D eigenvalue weighted by Crippen LogP contribution is 2.14. The van der Waals surface area contributed by atoms with Gasteiger partial charge in [-0.05, 0) is 25.1 Å². The van der Waals surface area contributed by atoms with Crippen molar-refractivity contribution in [3.63, 3.8) is 0 Å². The second-order valence-electron chi connectivity index (χ2n) is 4.31. The number of nitrogens with zero attached hydrogens (tertiary/aromatic N) is 2. The Morgan fingerprint density at radius 2 is 2.16 bits per heavy atom. The van der Waals surface area contributed by atoms with Crippen LogP contribution in [0.3, 0.4) is 0 Å². The summed E-state index contributed by atoms with van der Waals surface area (Å²) < 4.78 is 7.01. The first kappa shape index (κ1) is 13.1. The van der Waals surface area contributed by atoms with Crippen molar-refractivity contribution >= 4 is 5.69 Å². The largest absolute Gasteiger partial charge is 0.493 e. The summed E-state index contributed by atoms with van der Waals surface area (Å²) in [6, 6.07) is 10.5. The number of nitrogens with two attached hydrogens (primary N) is 1. The fourth-order valence-electron chi connectivity index (χ4n) is 1.72. The second kappa shape index (κ2) is 6.04. The molecule has 0 bridgehead atoms. The topological polar surface area (TPSA) is 70.1 Å². The molecule has 0 saturated heterocycles. The van der Waals surface area contributed by atoms with Crippen LogP contribution in [0.5, 0.6) is 5.75 Å². The van der Waals surface area contributed by atoms with Crippen molar-refractivity contribution in [1.82, 2.24) is 9.78 Å². The zero-order chi connectivity index (χ0) is 13.7. The first-order valence-electron chi connectivity index (χ1n) is 6.18. The molecule has 19 heavy (non-hydrogen) atoms. The third kappa shape index (κ3) is 3.84. The van der Waals surface area contributed by atoms with E-state index in [9.17, 15) is 4.79 Å². The molecule has 0 fully saturated rings. The van der Waals surface area contributed by atoms with Gasteiger partial charge in [-0.15, -0.1) is 0 Å². The predicted octanol–water partition coefficient (Wildman–Crippen LogP) is 1.60. The maximum Gasteiger partial charge on any atom is 0.266 e. The van der Waals surface area contributed by atoms with Gasteiger partial charge in [-0.25, -0.2) is 4.68 Å². The Kier molecular flexibility index (Phi) is 4.18. The van der Waals surface area contributed by atoms with Crippen molar-refractivity contribution in [1.29, 1.82) is 0 Å². The normalized spacial score (nSPS) is 10.4. The lowest BCUT2D eigenvalue weighted by Gasteiger charge is -2.08. The summed E-state index contributed by atoms with van der Waals surface area (Å²) >= 11 is 0. The summed E-state index contributed by atoms with van der Waals surface area (Å²) in [5.74, 6) is 0.740. The Balaban J connectivity index is 1.84. The first-order valence-corrected chi connectivity index (χ1v) is 6.18. The monoisotopic (exact) mass is 259 g/mol. The van der Waals surface area contributed by atoms with Gasteiger partial charge in [-0.1, -0.05) is 6.07 Å². The van der Waals surface area contributed by atoms with Gasteiger partial charge in [-0.3, -0.25) is 4.79 Å². The van der Waals surface area contributed by atoms with E-state index in [-0.39, 0.29) is 5.56 Å². The van der Waals surface area contributed by atoms with Crippen molar-refractivity contribution in [2.45, 2.75) is 19.9 Å². The minimum atomic E-state index is -0.0884. The standard InChI is InChI=1S/C14H17N3O2/c1-11-6-7-14(18)17(16-11)8-3-9-19-13-5-2-4-12(15)10-13/h2,4-7,10H,3,8-9,15H2,1H3. The van der Waals surface area contributed by atoms with Crippen LogP contribution in [0.1, 0.15) is 12.1 Å². The van der Waals surface area contributed by atoms with Crippen LogP contribution in [0.25, 0.3) is 0 Å². The minimum Gasteiger partial charge on any atom is -0.493 e. The Bertz CT molecular complexity index is 608. The Hall–Kier alpha value is -2.30. The van der Waals surface area contributed by atoms with Crippen molar-refractivity contribution < 1.29 is 4.74 Å². The molecule has 1 aromatic heterocycles. The van der Waals surface area contributed by atoms with E-state index < -0.39 is 0 Å². The molecule has 0 amide bonds. The molecule has 0 atom stereocenters. The molecule has 5 nitrogen and oxygen atoms in total. The van der Waals surface area contributed by atoms with E-state index >= 15 is 0 Å². The number of aromatic nitrogens is 2. The summed E-state index contributed by atoms with van der Waals surface area (Å²) in [4.78, 5) is 11.5. The summed E-state index contributed by atoms with van der Waals surface area (Å²) in [7, 11) is 0. The lowest BCUT2D eigenvalue weighted by Crippen LogP contribution is -2.23. The van der Waals surface area contributed by atoms with Crippen LogP contribution >= 0.6 is 0 Å². The summed E-state index contributed by atoms with van der Waals surface area (Å²) in [5, 5.41) is 4.16. The van der Waals surface area contributed by atoms with Gasteiger partial charge in [0.25, 0.3) is 5.56 Å². The van der Waals surface area contributed by atoms with Gasteiger partial charge in [0.15, 0.2) is 0 Å². The predicted molar refractivity (Wildman–Crippen MR) is 74.2 cm³/mol. The highest BCUT2D eigenvalue weighted by molar-refractivity contribution is 5.43. The molecule has 0 aliphatic heterocycles. The summed E-state index contributed by atoms with van der Waals surface area (Å²) in [6.45, 7) is 2.92. The van der Waals surface area contributed by atoms with Gasteiger partial charge >= 0.3 is 0 Å². The molecule has 0 aliphatic rings. The minimum absolute atomic E-state index is 0.0884. The molecular weight excluding hydrogens is 242 g/mol. The highest BCUT2D eigenvalue weighted by Gasteiger charge is 1.99. The van der Waals surface area contributed by atoms with Crippen molar-refractivity contribution in [2.75, 3.05) is 12.3 Å². The number of nitrogen functional groups attached to an aromatic ring is 1. The van der Waals surface area contributed by atoms with Crippen molar-refractivity contribution in [3.05, 3.63) is 52.4 Å². The molecule has 0 saturated carbocycles. The van der Waals surface area contributed by atoms with E-state index in [1.54, 1.807) is 12.1 Å². The molecule has 0 spiro atoms. The molecule has 0 aliphatic carbocycles. The molecule has 2 aromatic rings. The zero-order valence-corrected chi connectivity index (χ0v) is 10.9. The van der Waals surface area contributed by atoms with Gasteiger partial charge in [0, 0.05) is 30.8 Å². The molecule has 2 N–H and O–H groups in total. The molecule has 100 valence electrons. The van der Waals surface area contributed by atoms with Gasteiger partial charge in [-0.2, -0.15) is 5.10 Å². The van der Waals surface area contributed by atoms with Gasteiger partial charge in [0.05, 0.1) is 12.3 Å². The average Bonchev–Trinajstić information content (AvgIpc) is 2.39. The van der Waals surface area contributed by atoms with Crippen LogP contribution in [0, 0.1) is 6.92 Å². The van der Waals surface area contributed by atoms with E-state index in [1.807, 2.05) is 25.1 Å². The molecule has 2 rings (SSSR count). The summed E-state index contributed by atoms with van der Waals surface area (Å²) in [6.07, 6.45) is 0.713. The Morgan fingerprint density at radius 1 is 1.32 bits per heavy atom. The van der Waals surface area contributed by atoms with E-state index in [2.05, 4.69) is 5.10 Å². The maximum atomic E-state index is 11.5. The molecular formula is C14H17N3O2. The highest BCUT2D eigenvalue weighted by atomic mass is 16.5. The smallest absolute Gasteiger partial charge is 0.266 e. The van der Waals surface area contributed by atoms with Crippen LogP contribution < -0.4 is 16.0 Å². The van der Waals surface area contributed by atoms with Crippen LogP contribution in [0.4, 0.5) is 5.69 Å². The number of rotatable bonds is 5. The van der Waals surface area contributed by atoms with Crippen molar-refractivity contribution in [3.8, 4) is 5.75 Å². The SMILES string of the molecule is Cc1ccc(=O)n(CCCOc2cccc(N)c2)n1. The number of aryl methyl sites for hydroxylation is 2. The van der Waals surface area contributed by atoms with Gasteiger partial charge in [0.1, 0.15) is 5.75 Å². The molecule has 0 unspecified atom stereocenters. The fraction of sp³-hybridized carbons (Fsp3) is 0.286. The number of ether oxygens (including phenoxy) is 1. The van der Waals surface area contributed by atoms with Crippen LogP contribution in [0.2, 0.25) is 0 Å². The number of hydrogen-bond donors (Lipinski definition) is 1. The van der Waals surface area contributed by atoms with Gasteiger partial charge in [0.2, 0.25) is 0 Å². The van der Waals surface area contributed by atoms with Crippen LogP contribution in [0.15, 0.2) is 41.2 Å². The summed E-state index contributed by atoms with van der Waals surface area (Å²) in [5.41, 5.74) is 7.07. The number of anilines is 1. The molecule has 0 radical (unpaired) electrons. The quantitative estimate of drug-likeness (QED) is 0.654. The third-order valence-corrected chi connectivity index (χ3v) is 2.64. The first-order chi connectivity index (χ1) is 9.15. The fourth-order valence-corrected chi connectivity index (χ4v) is 1.72. The van der Waals surface area contributed by atoms with E-state index in [4.69, 9.17) is 10.5 Å². The second-order valence-corrected chi connectivity index (χ2v) is 4.31. The maximum absolute atomic E-state index is 11.5. The Morgan fingerprint density at radius 3 is 2.95 bits per heavy atom. The molecule has 5 heteroatoms. The zero-order valence-electron chi connectivity index (χ0n) is 10.9. The van der Waals surface area contributed by atoms with Crippen molar-refractivity contribution in [2.24, 2.45) is 0 Å². The lowest BCUT2D eigenvalue weighted by molar-refractivity contribution is 0.297. The van der Waals surface area contributed by atoms with E-state index in [1.165, 1.54) is 10.7 Å². The van der Waals surface area contributed by atoms with E-state index in [0.717, 1.165) is 11.4 Å². The van der Waals surface area contributed by atoms with Crippen LogP contribution in [-0.2, 0) is 6.54 Å². The van der Waals surface area contributed by atoms with E-state index in [0.29, 0.717) is 25.3 Å². The number of benzene rings is 1. The molecule has 1 heterocycles. The van der Waals surface area contributed by atoms with Gasteiger partial charge < -0.3 is 10.5 Å². The average molecular weight is 259 g/mol. The third-order valence-electron chi connectivity index (χ3n) is 2.64. The van der Waals surface area contributed by atoms with Crippen LogP contribution in [-0.4, -0.2) is 16.4 Å².